The van der Waals surface area contributed by atoms with Crippen molar-refractivity contribution < 1.29 is 14.0 Å². The van der Waals surface area contributed by atoms with Gasteiger partial charge in [0.1, 0.15) is 11.9 Å². The van der Waals surface area contributed by atoms with Crippen LogP contribution in [0.3, 0.4) is 0 Å². The molecule has 0 aliphatic heterocycles. The second-order valence-corrected chi connectivity index (χ2v) is 7.74. The van der Waals surface area contributed by atoms with Crippen LogP contribution in [0.15, 0.2) is 40.2 Å². The lowest BCUT2D eigenvalue weighted by molar-refractivity contribution is -0.133. The molecule has 1 heterocycles. The van der Waals surface area contributed by atoms with Gasteiger partial charge in [-0.05, 0) is 59.6 Å². The molecule has 2 aromatic rings. The Labute approximate surface area is 152 Å². The molecule has 2 amide bonds. The second-order valence-electron chi connectivity index (χ2n) is 5.28. The van der Waals surface area contributed by atoms with Gasteiger partial charge in [-0.2, -0.15) is 0 Å². The number of nitrogens with one attached hydrogen (secondary N) is 1. The predicted octanol–water partition coefficient (Wildman–Crippen LogP) is 3.82. The summed E-state index contributed by atoms with van der Waals surface area (Å²) in [5.41, 5.74) is 0.714. The lowest BCUT2D eigenvalue weighted by Gasteiger charge is -2.25. The molecule has 0 spiro atoms. The van der Waals surface area contributed by atoms with Crippen molar-refractivity contribution in [3.63, 3.8) is 0 Å². The van der Waals surface area contributed by atoms with Gasteiger partial charge in [0.15, 0.2) is 0 Å². The van der Waals surface area contributed by atoms with Gasteiger partial charge in [0, 0.05) is 13.1 Å². The Kier molecular flexibility index (Phi) is 6.51. The average molecular weight is 413 g/mol. The third kappa shape index (κ3) is 4.88. The normalized spacial score (nSPS) is 11.8. The minimum atomic E-state index is -0.660. The summed E-state index contributed by atoms with van der Waals surface area (Å²) in [5, 5.41) is 2.71. The smallest absolute Gasteiger partial charge is 0.262 e. The predicted molar refractivity (Wildman–Crippen MR) is 96.4 cm³/mol. The maximum absolute atomic E-state index is 13.3. The summed E-state index contributed by atoms with van der Waals surface area (Å²) in [4.78, 5) is 26.8. The quantitative estimate of drug-likeness (QED) is 0.783. The molecule has 1 aromatic heterocycles. The van der Waals surface area contributed by atoms with E-state index in [4.69, 9.17) is 0 Å². The van der Waals surface area contributed by atoms with Crippen LogP contribution in [-0.2, 0) is 11.3 Å². The molecular formula is C17H18BrFN2O2S. The Morgan fingerprint density at radius 2 is 2.08 bits per heavy atom. The van der Waals surface area contributed by atoms with E-state index in [1.54, 1.807) is 36.1 Å². The number of thiophene rings is 1. The number of amides is 2. The van der Waals surface area contributed by atoms with Crippen molar-refractivity contribution in [2.45, 2.75) is 26.4 Å². The number of nitrogens with zero attached hydrogens (tertiary/aromatic N) is 1. The first kappa shape index (κ1) is 18.6. The highest BCUT2D eigenvalue weighted by molar-refractivity contribution is 9.11. The molecule has 24 heavy (non-hydrogen) atoms. The van der Waals surface area contributed by atoms with Crippen molar-refractivity contribution in [2.24, 2.45) is 0 Å². The molecule has 0 aliphatic rings. The average Bonchev–Trinajstić information content (AvgIpc) is 2.98. The molecule has 0 bridgehead atoms. The Morgan fingerprint density at radius 3 is 2.67 bits per heavy atom. The van der Waals surface area contributed by atoms with E-state index in [0.717, 1.165) is 3.79 Å². The summed E-state index contributed by atoms with van der Waals surface area (Å²) in [7, 11) is 0. The molecule has 1 aromatic carbocycles. The van der Waals surface area contributed by atoms with Gasteiger partial charge >= 0.3 is 0 Å². The van der Waals surface area contributed by atoms with Gasteiger partial charge in [-0.3, -0.25) is 9.59 Å². The molecule has 0 aliphatic carbocycles. The maximum Gasteiger partial charge on any atom is 0.262 e. The monoisotopic (exact) mass is 412 g/mol. The fourth-order valence-corrected chi connectivity index (χ4v) is 3.53. The van der Waals surface area contributed by atoms with E-state index in [1.807, 2.05) is 6.92 Å². The molecule has 1 unspecified atom stereocenters. The van der Waals surface area contributed by atoms with Crippen molar-refractivity contribution in [3.05, 3.63) is 56.4 Å². The van der Waals surface area contributed by atoms with E-state index in [9.17, 15) is 14.0 Å². The number of hydrogen-bond acceptors (Lipinski definition) is 3. The van der Waals surface area contributed by atoms with Gasteiger partial charge in [0.05, 0.1) is 8.66 Å². The highest BCUT2D eigenvalue weighted by Crippen LogP contribution is 2.22. The van der Waals surface area contributed by atoms with Crippen LogP contribution in [0, 0.1) is 5.82 Å². The van der Waals surface area contributed by atoms with Crippen LogP contribution >= 0.6 is 27.3 Å². The van der Waals surface area contributed by atoms with E-state index in [0.29, 0.717) is 23.5 Å². The second kappa shape index (κ2) is 8.39. The molecule has 0 saturated carbocycles. The van der Waals surface area contributed by atoms with Crippen molar-refractivity contribution in [1.82, 2.24) is 10.2 Å². The van der Waals surface area contributed by atoms with Crippen molar-refractivity contribution in [3.8, 4) is 0 Å². The Balaban J connectivity index is 2.00. The summed E-state index contributed by atoms with van der Waals surface area (Å²) in [6, 6.07) is 8.98. The fourth-order valence-electron chi connectivity index (χ4n) is 2.24. The molecule has 2 rings (SSSR count). The van der Waals surface area contributed by atoms with Crippen LogP contribution in [0.5, 0.6) is 0 Å². The van der Waals surface area contributed by atoms with Gasteiger partial charge in [-0.15, -0.1) is 11.3 Å². The number of halogens is 2. The topological polar surface area (TPSA) is 49.4 Å². The SMILES string of the molecule is CCN(Cc1cccc(F)c1)C(=O)C(C)NC(=O)c1ccc(Br)s1. The third-order valence-corrected chi connectivity index (χ3v) is 5.09. The first-order chi connectivity index (χ1) is 11.4. The third-order valence-electron chi connectivity index (χ3n) is 3.47. The van der Waals surface area contributed by atoms with E-state index in [-0.39, 0.29) is 17.6 Å². The summed E-state index contributed by atoms with van der Waals surface area (Å²) >= 11 is 4.61. The van der Waals surface area contributed by atoms with E-state index >= 15 is 0 Å². The minimum Gasteiger partial charge on any atom is -0.340 e. The molecule has 1 N–H and O–H groups in total. The maximum atomic E-state index is 13.3. The van der Waals surface area contributed by atoms with Crippen LogP contribution in [0.25, 0.3) is 0 Å². The zero-order chi connectivity index (χ0) is 17.7. The first-order valence-electron chi connectivity index (χ1n) is 7.50. The number of rotatable bonds is 6. The Hall–Kier alpha value is -1.73. The van der Waals surface area contributed by atoms with Crippen molar-refractivity contribution >= 4 is 39.1 Å². The number of hydrogen-bond donors (Lipinski definition) is 1. The molecule has 4 nitrogen and oxygen atoms in total. The lowest BCUT2D eigenvalue weighted by Crippen LogP contribution is -2.46. The standard InChI is InChI=1S/C17H18BrFN2O2S/c1-3-21(10-12-5-4-6-13(19)9-12)17(23)11(2)20-16(22)14-7-8-15(18)24-14/h4-9,11H,3,10H2,1-2H3,(H,20,22). The fraction of sp³-hybridized carbons (Fsp3) is 0.294. The van der Waals surface area contributed by atoms with Crippen LogP contribution in [0.1, 0.15) is 29.1 Å². The van der Waals surface area contributed by atoms with Gasteiger partial charge in [-0.25, -0.2) is 4.39 Å². The van der Waals surface area contributed by atoms with Crippen LogP contribution in [0.2, 0.25) is 0 Å². The lowest BCUT2D eigenvalue weighted by atomic mass is 10.2. The molecule has 1 atom stereocenters. The van der Waals surface area contributed by atoms with Crippen LogP contribution in [0.4, 0.5) is 4.39 Å². The summed E-state index contributed by atoms with van der Waals surface area (Å²) in [6.07, 6.45) is 0. The summed E-state index contributed by atoms with van der Waals surface area (Å²) < 4.78 is 14.1. The number of likely N-dealkylation sites (N-methyl/N-ethyl adjacent to an activating group) is 1. The minimum absolute atomic E-state index is 0.203. The van der Waals surface area contributed by atoms with Gasteiger partial charge in [-0.1, -0.05) is 12.1 Å². The Morgan fingerprint density at radius 1 is 1.33 bits per heavy atom. The van der Waals surface area contributed by atoms with Gasteiger partial charge < -0.3 is 10.2 Å². The molecular weight excluding hydrogens is 395 g/mol. The summed E-state index contributed by atoms with van der Waals surface area (Å²) in [6.45, 7) is 4.28. The highest BCUT2D eigenvalue weighted by atomic mass is 79.9. The first-order valence-corrected chi connectivity index (χ1v) is 9.11. The molecule has 0 radical (unpaired) electrons. The zero-order valence-electron chi connectivity index (χ0n) is 13.4. The molecule has 0 fully saturated rings. The van der Waals surface area contributed by atoms with Gasteiger partial charge in [0.25, 0.3) is 5.91 Å². The van der Waals surface area contributed by atoms with E-state index < -0.39 is 6.04 Å². The number of carbonyl (C=O) groups is 2. The van der Waals surface area contributed by atoms with Crippen LogP contribution in [-0.4, -0.2) is 29.3 Å². The number of benzene rings is 1. The molecule has 128 valence electrons. The zero-order valence-corrected chi connectivity index (χ0v) is 15.8. The largest absolute Gasteiger partial charge is 0.340 e. The number of carbonyl (C=O) groups excluding carboxylic acids is 2. The summed E-state index contributed by atoms with van der Waals surface area (Å²) in [5.74, 6) is -0.820. The van der Waals surface area contributed by atoms with Crippen molar-refractivity contribution in [1.29, 1.82) is 0 Å². The van der Waals surface area contributed by atoms with E-state index in [2.05, 4.69) is 21.2 Å². The Bertz CT molecular complexity index is 735. The van der Waals surface area contributed by atoms with Crippen molar-refractivity contribution in [2.75, 3.05) is 6.54 Å². The van der Waals surface area contributed by atoms with Gasteiger partial charge in [0.2, 0.25) is 5.91 Å². The highest BCUT2D eigenvalue weighted by Gasteiger charge is 2.22. The molecule has 0 saturated heterocycles. The van der Waals surface area contributed by atoms with Crippen LogP contribution < -0.4 is 5.32 Å². The molecule has 7 heteroatoms. The van der Waals surface area contributed by atoms with E-state index in [1.165, 1.54) is 23.5 Å².